The van der Waals surface area contributed by atoms with Gasteiger partial charge in [-0.25, -0.2) is 4.39 Å². The highest BCUT2D eigenvalue weighted by molar-refractivity contribution is 14.1. The molecule has 90 valence electrons. The monoisotopic (exact) mass is 346 g/mol. The van der Waals surface area contributed by atoms with Crippen LogP contribution in [0.5, 0.6) is 0 Å². The van der Waals surface area contributed by atoms with Crippen LogP contribution >= 0.6 is 22.6 Å². The second kappa shape index (κ2) is 4.53. The zero-order valence-electron chi connectivity index (χ0n) is 9.20. The molecule has 1 aromatic carbocycles. The van der Waals surface area contributed by atoms with Gasteiger partial charge in [0, 0.05) is 12.0 Å². The Balaban J connectivity index is 1.96. The van der Waals surface area contributed by atoms with Crippen molar-refractivity contribution in [1.82, 2.24) is 9.78 Å². The highest BCUT2D eigenvalue weighted by atomic mass is 127. The molecule has 1 saturated heterocycles. The van der Waals surface area contributed by atoms with E-state index < -0.39 is 0 Å². The first kappa shape index (κ1) is 11.4. The fourth-order valence-electron chi connectivity index (χ4n) is 2.18. The zero-order valence-corrected chi connectivity index (χ0v) is 11.4. The van der Waals surface area contributed by atoms with E-state index in [9.17, 15) is 4.39 Å². The third-order valence-electron chi connectivity index (χ3n) is 3.04. The first-order chi connectivity index (χ1) is 8.24. The Bertz CT molecular complexity index is 549. The van der Waals surface area contributed by atoms with Crippen LogP contribution in [0.3, 0.4) is 0 Å². The van der Waals surface area contributed by atoms with E-state index in [4.69, 9.17) is 4.74 Å². The van der Waals surface area contributed by atoms with E-state index in [2.05, 4.69) is 27.7 Å². The Morgan fingerprint density at radius 3 is 3.18 bits per heavy atom. The van der Waals surface area contributed by atoms with Gasteiger partial charge in [-0.15, -0.1) is 0 Å². The summed E-state index contributed by atoms with van der Waals surface area (Å²) in [6.45, 7) is 1.60. The highest BCUT2D eigenvalue weighted by Crippen LogP contribution is 2.23. The van der Waals surface area contributed by atoms with Gasteiger partial charge < -0.3 is 4.74 Å². The molecule has 0 aliphatic carbocycles. The average molecular weight is 346 g/mol. The summed E-state index contributed by atoms with van der Waals surface area (Å²) in [5, 5.41) is 5.36. The molecule has 0 amide bonds. The zero-order chi connectivity index (χ0) is 11.8. The molecule has 3 nitrogen and oxygen atoms in total. The van der Waals surface area contributed by atoms with E-state index in [0.29, 0.717) is 0 Å². The van der Waals surface area contributed by atoms with Crippen LogP contribution in [0.2, 0.25) is 0 Å². The average Bonchev–Trinajstić information content (AvgIpc) is 2.91. The lowest BCUT2D eigenvalue weighted by Gasteiger charge is -2.09. The number of hydrogen-bond acceptors (Lipinski definition) is 2. The van der Waals surface area contributed by atoms with Crippen molar-refractivity contribution < 1.29 is 9.13 Å². The maximum absolute atomic E-state index is 13.2. The standard InChI is InChI=1S/C12H12FIN2O/c13-8-3-4-11-10(6-8)12(14)16(15-11)7-9-2-1-5-17-9/h3-4,6,9H,1-2,5,7H2/t9-/m1/s1. The number of benzene rings is 1. The predicted molar refractivity (Wildman–Crippen MR) is 71.4 cm³/mol. The van der Waals surface area contributed by atoms with Crippen molar-refractivity contribution in [3.05, 3.63) is 27.7 Å². The molecule has 0 radical (unpaired) electrons. The molecule has 0 spiro atoms. The minimum Gasteiger partial charge on any atom is -0.376 e. The van der Waals surface area contributed by atoms with Crippen LogP contribution in [0.1, 0.15) is 12.8 Å². The van der Waals surface area contributed by atoms with Crippen molar-refractivity contribution in [2.75, 3.05) is 6.61 Å². The number of ether oxygens (including phenoxy) is 1. The van der Waals surface area contributed by atoms with Crippen LogP contribution in [0.25, 0.3) is 10.9 Å². The molecule has 1 aliphatic heterocycles. The van der Waals surface area contributed by atoms with Gasteiger partial charge in [-0.05, 0) is 53.6 Å². The third-order valence-corrected chi connectivity index (χ3v) is 4.17. The molecule has 3 rings (SSSR count). The minimum atomic E-state index is -0.216. The Morgan fingerprint density at radius 2 is 2.41 bits per heavy atom. The van der Waals surface area contributed by atoms with Gasteiger partial charge in [-0.2, -0.15) is 5.10 Å². The van der Waals surface area contributed by atoms with Crippen LogP contribution < -0.4 is 0 Å². The maximum atomic E-state index is 13.2. The van der Waals surface area contributed by atoms with Gasteiger partial charge in [-0.1, -0.05) is 0 Å². The summed E-state index contributed by atoms with van der Waals surface area (Å²) in [4.78, 5) is 0. The lowest BCUT2D eigenvalue weighted by Crippen LogP contribution is -2.16. The molecule has 1 atom stereocenters. The summed E-state index contributed by atoms with van der Waals surface area (Å²) < 4.78 is 21.7. The molecule has 0 N–H and O–H groups in total. The van der Waals surface area contributed by atoms with Crippen molar-refractivity contribution in [1.29, 1.82) is 0 Å². The van der Waals surface area contributed by atoms with Crippen molar-refractivity contribution in [2.24, 2.45) is 0 Å². The molecule has 17 heavy (non-hydrogen) atoms. The minimum absolute atomic E-state index is 0.216. The molecule has 1 aromatic heterocycles. The number of rotatable bonds is 2. The third kappa shape index (κ3) is 2.18. The topological polar surface area (TPSA) is 27.1 Å². The van der Waals surface area contributed by atoms with E-state index in [0.717, 1.165) is 40.6 Å². The maximum Gasteiger partial charge on any atom is 0.124 e. The first-order valence-corrected chi connectivity index (χ1v) is 6.75. The number of halogens is 2. The second-order valence-electron chi connectivity index (χ2n) is 4.27. The fraction of sp³-hybridized carbons (Fsp3) is 0.417. The molecular weight excluding hydrogens is 334 g/mol. The molecule has 1 aliphatic rings. The quantitative estimate of drug-likeness (QED) is 0.782. The molecular formula is C12H12FIN2O. The summed E-state index contributed by atoms with van der Waals surface area (Å²) in [7, 11) is 0. The van der Waals surface area contributed by atoms with Gasteiger partial charge >= 0.3 is 0 Å². The van der Waals surface area contributed by atoms with Gasteiger partial charge in [0.1, 0.15) is 9.52 Å². The molecule has 0 bridgehead atoms. The smallest absolute Gasteiger partial charge is 0.124 e. The summed E-state index contributed by atoms with van der Waals surface area (Å²) in [6, 6.07) is 4.71. The number of hydrogen-bond donors (Lipinski definition) is 0. The van der Waals surface area contributed by atoms with Crippen LogP contribution in [-0.4, -0.2) is 22.5 Å². The van der Waals surface area contributed by atoms with Crippen LogP contribution in [0, 0.1) is 9.52 Å². The predicted octanol–water partition coefficient (Wildman–Crippen LogP) is 2.96. The Morgan fingerprint density at radius 1 is 1.53 bits per heavy atom. The molecule has 1 fully saturated rings. The summed E-state index contributed by atoms with van der Waals surface area (Å²) in [5.74, 6) is -0.216. The van der Waals surface area contributed by atoms with E-state index in [1.54, 1.807) is 6.07 Å². The van der Waals surface area contributed by atoms with Gasteiger partial charge in [-0.3, -0.25) is 4.68 Å². The lowest BCUT2D eigenvalue weighted by atomic mass is 10.2. The molecule has 2 heterocycles. The van der Waals surface area contributed by atoms with Crippen molar-refractivity contribution >= 4 is 33.5 Å². The van der Waals surface area contributed by atoms with Gasteiger partial charge in [0.05, 0.1) is 18.2 Å². The van der Waals surface area contributed by atoms with Crippen LogP contribution in [0.4, 0.5) is 4.39 Å². The number of nitrogens with zero attached hydrogens (tertiary/aromatic N) is 2. The Labute approximate surface area is 112 Å². The summed E-state index contributed by atoms with van der Waals surface area (Å²) in [6.07, 6.45) is 2.46. The molecule has 0 unspecified atom stereocenters. The largest absolute Gasteiger partial charge is 0.376 e. The fourth-order valence-corrected chi connectivity index (χ4v) is 2.91. The van der Waals surface area contributed by atoms with Gasteiger partial charge in [0.2, 0.25) is 0 Å². The summed E-state index contributed by atoms with van der Waals surface area (Å²) in [5.41, 5.74) is 0.841. The van der Waals surface area contributed by atoms with E-state index >= 15 is 0 Å². The Kier molecular flexibility index (Phi) is 3.04. The first-order valence-electron chi connectivity index (χ1n) is 5.67. The SMILES string of the molecule is Fc1ccc2nn(C[C@H]3CCCO3)c(I)c2c1. The van der Waals surface area contributed by atoms with E-state index in [1.165, 1.54) is 12.1 Å². The van der Waals surface area contributed by atoms with Crippen molar-refractivity contribution in [2.45, 2.75) is 25.5 Å². The normalized spacial score (nSPS) is 20.2. The van der Waals surface area contributed by atoms with Crippen molar-refractivity contribution in [3.8, 4) is 0 Å². The van der Waals surface area contributed by atoms with Crippen LogP contribution in [-0.2, 0) is 11.3 Å². The molecule has 2 aromatic rings. The number of aromatic nitrogens is 2. The Hall–Kier alpha value is -0.690. The van der Waals surface area contributed by atoms with Gasteiger partial charge in [0.25, 0.3) is 0 Å². The van der Waals surface area contributed by atoms with E-state index in [-0.39, 0.29) is 11.9 Å². The van der Waals surface area contributed by atoms with E-state index in [1.807, 2.05) is 4.68 Å². The molecule has 5 heteroatoms. The van der Waals surface area contributed by atoms with Gasteiger partial charge in [0.15, 0.2) is 0 Å². The van der Waals surface area contributed by atoms with Crippen molar-refractivity contribution in [3.63, 3.8) is 0 Å². The second-order valence-corrected chi connectivity index (χ2v) is 5.29. The summed E-state index contributed by atoms with van der Waals surface area (Å²) >= 11 is 2.22. The molecule has 0 saturated carbocycles. The van der Waals surface area contributed by atoms with Crippen LogP contribution in [0.15, 0.2) is 18.2 Å². The lowest BCUT2D eigenvalue weighted by molar-refractivity contribution is 0.0935. The number of fused-ring (bicyclic) bond motifs is 1. The highest BCUT2D eigenvalue weighted by Gasteiger charge is 2.18.